The standard InChI is InChI=1S/C31H65N2O6P/c1-3-5-7-9-11-13-14-15-16-17-19-21-23-25-31(35)33-29(28-39-40(36,37)38-27-26-32)30(34)24-22-20-18-12-10-8-6-4-2/h29-30,34H,3-28,32H2,1-2H3,(H,33,35)(H,36,37). The summed E-state index contributed by atoms with van der Waals surface area (Å²) in [6, 6.07) is -0.763. The van der Waals surface area contributed by atoms with E-state index in [1.807, 2.05) is 0 Å². The molecule has 0 aliphatic rings. The van der Waals surface area contributed by atoms with Gasteiger partial charge in [-0.3, -0.25) is 13.8 Å². The van der Waals surface area contributed by atoms with Crippen LogP contribution < -0.4 is 11.1 Å². The van der Waals surface area contributed by atoms with Crippen molar-refractivity contribution >= 4 is 13.7 Å². The molecule has 0 aromatic carbocycles. The second kappa shape index (κ2) is 28.6. The molecule has 0 aliphatic carbocycles. The van der Waals surface area contributed by atoms with Crippen molar-refractivity contribution in [1.82, 2.24) is 5.32 Å². The number of aliphatic hydroxyl groups excluding tert-OH is 1. The zero-order valence-electron chi connectivity index (χ0n) is 26.1. The molecule has 0 saturated carbocycles. The normalized spacial score (nSPS) is 14.6. The minimum absolute atomic E-state index is 0.0915. The molecule has 0 spiro atoms. The molecule has 8 nitrogen and oxygen atoms in total. The third kappa shape index (κ3) is 26.4. The maximum absolute atomic E-state index is 12.6. The number of carbonyl (C=O) groups is 1. The summed E-state index contributed by atoms with van der Waals surface area (Å²) in [4.78, 5) is 22.4. The topological polar surface area (TPSA) is 131 Å². The van der Waals surface area contributed by atoms with Crippen LogP contribution in [0.2, 0.25) is 0 Å². The fourth-order valence-electron chi connectivity index (χ4n) is 4.90. The fraction of sp³-hybridized carbons (Fsp3) is 0.968. The zero-order chi connectivity index (χ0) is 29.7. The summed E-state index contributed by atoms with van der Waals surface area (Å²) in [5.74, 6) is -0.165. The predicted octanol–water partition coefficient (Wildman–Crippen LogP) is 7.94. The van der Waals surface area contributed by atoms with E-state index in [0.29, 0.717) is 12.8 Å². The highest BCUT2D eigenvalue weighted by Gasteiger charge is 2.27. The molecular weight excluding hydrogens is 527 g/mol. The van der Waals surface area contributed by atoms with Crippen LogP contribution in [0.4, 0.5) is 0 Å². The fourth-order valence-corrected chi connectivity index (χ4v) is 5.66. The maximum atomic E-state index is 12.6. The summed E-state index contributed by atoms with van der Waals surface area (Å²) in [6.07, 6.45) is 25.4. The average Bonchev–Trinajstić information content (AvgIpc) is 2.93. The molecule has 0 fully saturated rings. The van der Waals surface area contributed by atoms with E-state index < -0.39 is 20.0 Å². The van der Waals surface area contributed by atoms with Gasteiger partial charge in [0.15, 0.2) is 0 Å². The Morgan fingerprint density at radius 1 is 0.725 bits per heavy atom. The van der Waals surface area contributed by atoms with Crippen LogP contribution in [0.5, 0.6) is 0 Å². The number of unbranched alkanes of at least 4 members (excludes halogenated alkanes) is 19. The number of phosphoric ester groups is 1. The van der Waals surface area contributed by atoms with Gasteiger partial charge in [-0.2, -0.15) is 0 Å². The first-order valence-electron chi connectivity index (χ1n) is 16.7. The third-order valence-corrected chi connectivity index (χ3v) is 8.45. The van der Waals surface area contributed by atoms with E-state index in [-0.39, 0.29) is 25.7 Å². The van der Waals surface area contributed by atoms with Crippen LogP contribution in [0, 0.1) is 0 Å². The average molecular weight is 593 g/mol. The summed E-state index contributed by atoms with van der Waals surface area (Å²) in [7, 11) is -4.29. The quantitative estimate of drug-likeness (QED) is 0.0475. The zero-order valence-corrected chi connectivity index (χ0v) is 27.0. The number of phosphoric acid groups is 1. The van der Waals surface area contributed by atoms with Crippen LogP contribution in [0.1, 0.15) is 162 Å². The number of carbonyl (C=O) groups excluding carboxylic acids is 1. The Kier molecular flexibility index (Phi) is 28.3. The summed E-state index contributed by atoms with van der Waals surface area (Å²) >= 11 is 0. The molecule has 3 atom stereocenters. The molecule has 0 rings (SSSR count). The van der Waals surface area contributed by atoms with Crippen molar-refractivity contribution in [2.45, 2.75) is 174 Å². The van der Waals surface area contributed by atoms with Crippen molar-refractivity contribution in [1.29, 1.82) is 0 Å². The summed E-state index contributed by atoms with van der Waals surface area (Å²) in [5.41, 5.74) is 5.33. The first-order valence-corrected chi connectivity index (χ1v) is 18.1. The van der Waals surface area contributed by atoms with Crippen LogP contribution in [-0.4, -0.2) is 47.8 Å². The molecule has 0 aliphatic heterocycles. The van der Waals surface area contributed by atoms with Crippen molar-refractivity contribution in [3.05, 3.63) is 0 Å². The van der Waals surface area contributed by atoms with Crippen molar-refractivity contribution in [2.75, 3.05) is 19.8 Å². The Hall–Kier alpha value is -0.500. The highest BCUT2D eigenvalue weighted by Crippen LogP contribution is 2.43. The molecule has 1 amide bonds. The molecule has 9 heteroatoms. The second-order valence-electron chi connectivity index (χ2n) is 11.4. The number of aliphatic hydroxyl groups is 1. The number of rotatable bonds is 31. The summed E-state index contributed by atoms with van der Waals surface area (Å²) in [6.45, 7) is 4.15. The minimum Gasteiger partial charge on any atom is -0.391 e. The number of nitrogens with two attached hydrogens (primary N) is 1. The first-order chi connectivity index (χ1) is 19.4. The molecule has 0 saturated heterocycles. The SMILES string of the molecule is CCCCCCCCCCCCCCCC(=O)NC(COP(=O)(O)OCCN)C(O)CCCCCCCCCC. The van der Waals surface area contributed by atoms with Crippen molar-refractivity contribution < 1.29 is 28.4 Å². The van der Waals surface area contributed by atoms with Crippen LogP contribution in [0.3, 0.4) is 0 Å². The Morgan fingerprint density at radius 2 is 1.15 bits per heavy atom. The molecule has 40 heavy (non-hydrogen) atoms. The Morgan fingerprint density at radius 3 is 1.60 bits per heavy atom. The van der Waals surface area contributed by atoms with E-state index in [0.717, 1.165) is 38.5 Å². The lowest BCUT2D eigenvalue weighted by Gasteiger charge is -2.25. The summed E-state index contributed by atoms with van der Waals surface area (Å²) < 4.78 is 21.9. The van der Waals surface area contributed by atoms with Gasteiger partial charge < -0.3 is 21.1 Å². The molecule has 0 bridgehead atoms. The third-order valence-electron chi connectivity index (χ3n) is 7.46. The van der Waals surface area contributed by atoms with Gasteiger partial charge in [0.1, 0.15) is 0 Å². The number of hydrogen-bond acceptors (Lipinski definition) is 6. The van der Waals surface area contributed by atoms with Gasteiger partial charge in [-0.1, -0.05) is 142 Å². The lowest BCUT2D eigenvalue weighted by Crippen LogP contribution is -2.46. The maximum Gasteiger partial charge on any atom is 0.472 e. The second-order valence-corrected chi connectivity index (χ2v) is 12.8. The van der Waals surface area contributed by atoms with Crippen molar-refractivity contribution in [3.63, 3.8) is 0 Å². The Labute approximate surface area is 246 Å². The largest absolute Gasteiger partial charge is 0.472 e. The molecule has 0 heterocycles. The van der Waals surface area contributed by atoms with E-state index >= 15 is 0 Å². The van der Waals surface area contributed by atoms with E-state index in [1.165, 1.54) is 96.3 Å². The van der Waals surface area contributed by atoms with E-state index in [2.05, 4.69) is 19.2 Å². The van der Waals surface area contributed by atoms with Gasteiger partial charge >= 0.3 is 7.82 Å². The molecule has 240 valence electrons. The van der Waals surface area contributed by atoms with E-state index in [1.54, 1.807) is 0 Å². The molecular formula is C31H65N2O6P. The molecule has 5 N–H and O–H groups in total. The van der Waals surface area contributed by atoms with Crippen molar-refractivity contribution in [2.24, 2.45) is 5.73 Å². The van der Waals surface area contributed by atoms with Gasteiger partial charge in [-0.05, 0) is 12.8 Å². The molecule has 3 unspecified atom stereocenters. The van der Waals surface area contributed by atoms with Crippen LogP contribution in [0.15, 0.2) is 0 Å². The highest BCUT2D eigenvalue weighted by molar-refractivity contribution is 7.47. The van der Waals surface area contributed by atoms with Gasteiger partial charge in [0, 0.05) is 13.0 Å². The lowest BCUT2D eigenvalue weighted by atomic mass is 10.0. The highest BCUT2D eigenvalue weighted by atomic mass is 31.2. The summed E-state index contributed by atoms with van der Waals surface area (Å²) in [5, 5.41) is 13.6. The van der Waals surface area contributed by atoms with Gasteiger partial charge in [-0.15, -0.1) is 0 Å². The molecule has 0 aromatic rings. The minimum atomic E-state index is -4.29. The molecule has 0 radical (unpaired) electrons. The number of amides is 1. The Bertz CT molecular complexity index is 610. The van der Waals surface area contributed by atoms with Gasteiger partial charge in [-0.25, -0.2) is 4.57 Å². The van der Waals surface area contributed by atoms with Crippen LogP contribution in [0.25, 0.3) is 0 Å². The van der Waals surface area contributed by atoms with Gasteiger partial charge in [0.05, 0.1) is 25.4 Å². The monoisotopic (exact) mass is 592 g/mol. The van der Waals surface area contributed by atoms with Crippen LogP contribution >= 0.6 is 7.82 Å². The lowest BCUT2D eigenvalue weighted by molar-refractivity contribution is -0.123. The van der Waals surface area contributed by atoms with Gasteiger partial charge in [0.25, 0.3) is 0 Å². The van der Waals surface area contributed by atoms with E-state index in [9.17, 15) is 19.4 Å². The number of hydrogen-bond donors (Lipinski definition) is 4. The number of nitrogens with one attached hydrogen (secondary N) is 1. The van der Waals surface area contributed by atoms with Crippen LogP contribution in [-0.2, 0) is 18.4 Å². The Balaban J connectivity index is 4.26. The van der Waals surface area contributed by atoms with E-state index in [4.69, 9.17) is 14.8 Å². The van der Waals surface area contributed by atoms with Gasteiger partial charge in [0.2, 0.25) is 5.91 Å². The predicted molar refractivity (Wildman–Crippen MR) is 166 cm³/mol. The van der Waals surface area contributed by atoms with Crippen molar-refractivity contribution in [3.8, 4) is 0 Å². The molecule has 0 aromatic heterocycles. The smallest absolute Gasteiger partial charge is 0.391 e. The first kappa shape index (κ1) is 39.5.